The van der Waals surface area contributed by atoms with Crippen LogP contribution in [-0.2, 0) is 17.8 Å². The Balaban J connectivity index is 1.61. The highest BCUT2D eigenvalue weighted by Gasteiger charge is 2.25. The zero-order valence-electron chi connectivity index (χ0n) is 15.0. The number of rotatable bonds is 4. The van der Waals surface area contributed by atoms with Crippen LogP contribution >= 0.6 is 0 Å². The van der Waals surface area contributed by atoms with Crippen LogP contribution in [0.4, 0.5) is 0 Å². The fourth-order valence-corrected chi connectivity index (χ4v) is 3.30. The standard InChI is InChI=1S/C22H20N2O2/c1-14-8-9-17(10-15(14)2)11-18(25)13-24-22-19-6-4-5-7-21(19)26-16(3)20(22)12-23-24/h4-10,12H,3,11,13H2,1-2H3. The van der Waals surface area contributed by atoms with Crippen molar-refractivity contribution >= 4 is 11.5 Å². The first-order valence-corrected chi connectivity index (χ1v) is 8.63. The molecule has 0 fully saturated rings. The average Bonchev–Trinajstić information content (AvgIpc) is 3.03. The summed E-state index contributed by atoms with van der Waals surface area (Å²) in [5.41, 5.74) is 6.14. The summed E-state index contributed by atoms with van der Waals surface area (Å²) in [6, 6.07) is 13.9. The summed E-state index contributed by atoms with van der Waals surface area (Å²) in [6.45, 7) is 8.34. The average molecular weight is 344 g/mol. The second kappa shape index (κ2) is 6.30. The molecular formula is C22H20N2O2. The quantitative estimate of drug-likeness (QED) is 0.707. The number of carbonyl (C=O) groups excluding carboxylic acids is 1. The molecule has 0 saturated heterocycles. The number of ether oxygens (including phenoxy) is 1. The number of Topliss-reactive ketones (excluding diaryl/α,β-unsaturated/α-hetero) is 1. The molecule has 130 valence electrons. The van der Waals surface area contributed by atoms with E-state index in [9.17, 15) is 4.79 Å². The molecule has 0 spiro atoms. The van der Waals surface area contributed by atoms with Gasteiger partial charge in [0.05, 0.1) is 17.5 Å². The van der Waals surface area contributed by atoms with E-state index in [0.717, 1.165) is 28.1 Å². The van der Waals surface area contributed by atoms with Crippen molar-refractivity contribution in [2.24, 2.45) is 0 Å². The van der Waals surface area contributed by atoms with Gasteiger partial charge in [-0.2, -0.15) is 5.10 Å². The fourth-order valence-electron chi connectivity index (χ4n) is 3.30. The Labute approximate surface area is 152 Å². The predicted octanol–water partition coefficient (Wildman–Crippen LogP) is 4.34. The first-order chi connectivity index (χ1) is 12.5. The smallest absolute Gasteiger partial charge is 0.158 e. The van der Waals surface area contributed by atoms with Crippen LogP contribution < -0.4 is 4.74 Å². The molecule has 4 nitrogen and oxygen atoms in total. The van der Waals surface area contributed by atoms with Gasteiger partial charge in [0.2, 0.25) is 0 Å². The van der Waals surface area contributed by atoms with Crippen LogP contribution in [0.3, 0.4) is 0 Å². The number of hydrogen-bond donors (Lipinski definition) is 0. The summed E-state index contributed by atoms with van der Waals surface area (Å²) in [4.78, 5) is 12.6. The van der Waals surface area contributed by atoms with Gasteiger partial charge in [0.1, 0.15) is 18.1 Å². The molecule has 2 aromatic carbocycles. The van der Waals surface area contributed by atoms with Crippen LogP contribution in [0, 0.1) is 13.8 Å². The van der Waals surface area contributed by atoms with Crippen molar-refractivity contribution in [2.45, 2.75) is 26.8 Å². The summed E-state index contributed by atoms with van der Waals surface area (Å²) >= 11 is 0. The molecule has 0 aliphatic carbocycles. The van der Waals surface area contributed by atoms with Crippen LogP contribution in [0.15, 0.2) is 55.2 Å². The molecule has 2 heterocycles. The van der Waals surface area contributed by atoms with Gasteiger partial charge >= 0.3 is 0 Å². The maximum atomic E-state index is 12.6. The molecular weight excluding hydrogens is 324 g/mol. The van der Waals surface area contributed by atoms with Gasteiger partial charge in [-0.25, -0.2) is 0 Å². The van der Waals surface area contributed by atoms with Crippen LogP contribution in [0.25, 0.3) is 17.0 Å². The highest BCUT2D eigenvalue weighted by Crippen LogP contribution is 2.41. The molecule has 0 saturated carbocycles. The third kappa shape index (κ3) is 2.84. The van der Waals surface area contributed by atoms with E-state index in [-0.39, 0.29) is 12.3 Å². The third-order valence-electron chi connectivity index (χ3n) is 4.81. The lowest BCUT2D eigenvalue weighted by Gasteiger charge is -2.20. The van der Waals surface area contributed by atoms with E-state index in [4.69, 9.17) is 4.74 Å². The van der Waals surface area contributed by atoms with Crippen molar-refractivity contribution in [1.29, 1.82) is 0 Å². The maximum absolute atomic E-state index is 12.6. The van der Waals surface area contributed by atoms with Crippen molar-refractivity contribution in [3.63, 3.8) is 0 Å². The first-order valence-electron chi connectivity index (χ1n) is 8.63. The number of aryl methyl sites for hydroxylation is 2. The second-order valence-corrected chi connectivity index (χ2v) is 6.72. The van der Waals surface area contributed by atoms with E-state index in [0.29, 0.717) is 12.2 Å². The van der Waals surface area contributed by atoms with Gasteiger partial charge in [-0.3, -0.25) is 9.48 Å². The zero-order valence-corrected chi connectivity index (χ0v) is 15.0. The lowest BCUT2D eigenvalue weighted by atomic mass is 10.0. The number of aromatic nitrogens is 2. The number of ketones is 1. The van der Waals surface area contributed by atoms with Gasteiger partial charge in [-0.05, 0) is 42.7 Å². The highest BCUT2D eigenvalue weighted by atomic mass is 16.5. The molecule has 0 unspecified atom stereocenters. The Bertz CT molecular complexity index is 1030. The zero-order chi connectivity index (χ0) is 18.3. The molecule has 4 rings (SSSR count). The third-order valence-corrected chi connectivity index (χ3v) is 4.81. The maximum Gasteiger partial charge on any atom is 0.158 e. The molecule has 1 aliphatic heterocycles. The molecule has 0 N–H and O–H groups in total. The highest BCUT2D eigenvalue weighted by molar-refractivity contribution is 5.86. The first kappa shape index (κ1) is 16.3. The minimum atomic E-state index is 0.119. The molecule has 0 amide bonds. The van der Waals surface area contributed by atoms with Crippen LogP contribution in [0.5, 0.6) is 5.75 Å². The minimum Gasteiger partial charge on any atom is -0.457 e. The largest absolute Gasteiger partial charge is 0.457 e. The Morgan fingerprint density at radius 2 is 1.92 bits per heavy atom. The van der Waals surface area contributed by atoms with E-state index in [1.165, 1.54) is 11.1 Å². The number of para-hydroxylation sites is 1. The van der Waals surface area contributed by atoms with Gasteiger partial charge in [-0.15, -0.1) is 0 Å². The van der Waals surface area contributed by atoms with E-state index in [2.05, 4.69) is 37.7 Å². The number of hydrogen-bond acceptors (Lipinski definition) is 3. The van der Waals surface area contributed by atoms with Crippen LogP contribution in [0.1, 0.15) is 22.3 Å². The predicted molar refractivity (Wildman–Crippen MR) is 102 cm³/mol. The Morgan fingerprint density at radius 3 is 2.73 bits per heavy atom. The van der Waals surface area contributed by atoms with E-state index < -0.39 is 0 Å². The molecule has 1 aromatic heterocycles. The molecule has 1 aliphatic rings. The Kier molecular flexibility index (Phi) is 3.96. The van der Waals surface area contributed by atoms with E-state index in [1.54, 1.807) is 10.9 Å². The fraction of sp³-hybridized carbons (Fsp3) is 0.182. The molecule has 4 heteroatoms. The minimum absolute atomic E-state index is 0.119. The molecule has 0 radical (unpaired) electrons. The lowest BCUT2D eigenvalue weighted by molar-refractivity contribution is -0.119. The Morgan fingerprint density at radius 1 is 1.12 bits per heavy atom. The van der Waals surface area contributed by atoms with Crippen LogP contribution in [0.2, 0.25) is 0 Å². The molecule has 3 aromatic rings. The van der Waals surface area contributed by atoms with E-state index >= 15 is 0 Å². The number of benzene rings is 2. The summed E-state index contributed by atoms with van der Waals surface area (Å²) < 4.78 is 7.52. The Hall–Kier alpha value is -3.14. The monoisotopic (exact) mass is 344 g/mol. The summed E-state index contributed by atoms with van der Waals surface area (Å²) in [5.74, 6) is 1.42. The van der Waals surface area contributed by atoms with Gasteiger partial charge < -0.3 is 4.74 Å². The SMILES string of the molecule is C=C1Oc2ccccc2-c2c1cnn2CC(=O)Cc1ccc(C)c(C)c1. The molecule has 0 bridgehead atoms. The van der Waals surface area contributed by atoms with Crippen molar-refractivity contribution in [2.75, 3.05) is 0 Å². The van der Waals surface area contributed by atoms with Crippen molar-refractivity contribution in [3.8, 4) is 17.0 Å². The topological polar surface area (TPSA) is 44.1 Å². The summed E-state index contributed by atoms with van der Waals surface area (Å²) in [6.07, 6.45) is 2.12. The van der Waals surface area contributed by atoms with Crippen LogP contribution in [-0.4, -0.2) is 15.6 Å². The number of nitrogens with zero attached hydrogens (tertiary/aromatic N) is 2. The van der Waals surface area contributed by atoms with Crippen molar-refractivity contribution in [3.05, 3.63) is 77.5 Å². The van der Waals surface area contributed by atoms with Gasteiger partial charge in [0.25, 0.3) is 0 Å². The lowest BCUT2D eigenvalue weighted by Crippen LogP contribution is -2.16. The second-order valence-electron chi connectivity index (χ2n) is 6.72. The summed E-state index contributed by atoms with van der Waals surface area (Å²) in [7, 11) is 0. The van der Waals surface area contributed by atoms with Gasteiger partial charge in [0, 0.05) is 12.0 Å². The van der Waals surface area contributed by atoms with E-state index in [1.807, 2.05) is 30.3 Å². The summed E-state index contributed by atoms with van der Waals surface area (Å²) in [5, 5.41) is 4.42. The number of carbonyl (C=O) groups is 1. The van der Waals surface area contributed by atoms with Crippen molar-refractivity contribution in [1.82, 2.24) is 9.78 Å². The molecule has 26 heavy (non-hydrogen) atoms. The molecule has 0 atom stereocenters. The normalized spacial score (nSPS) is 12.3. The van der Waals surface area contributed by atoms with Gasteiger partial charge in [0.15, 0.2) is 5.78 Å². The van der Waals surface area contributed by atoms with Gasteiger partial charge in [-0.1, -0.05) is 36.9 Å². The van der Waals surface area contributed by atoms with Crippen molar-refractivity contribution < 1.29 is 9.53 Å². The number of fused-ring (bicyclic) bond motifs is 3.